The molecule has 0 fully saturated rings. The molecule has 0 aliphatic carbocycles. The monoisotopic (exact) mass is 291 g/mol. The summed E-state index contributed by atoms with van der Waals surface area (Å²) < 4.78 is 27.8. The molecule has 0 amide bonds. The number of hydrogen-bond acceptors (Lipinski definition) is 4. The van der Waals surface area contributed by atoms with E-state index in [2.05, 4.69) is 5.32 Å². The Hall–Kier alpha value is -2.01. The van der Waals surface area contributed by atoms with Gasteiger partial charge < -0.3 is 10.1 Å². The fourth-order valence-electron chi connectivity index (χ4n) is 1.77. The molecule has 2 aromatic carbocycles. The van der Waals surface area contributed by atoms with Gasteiger partial charge in [0.2, 0.25) is 0 Å². The van der Waals surface area contributed by atoms with E-state index < -0.39 is 9.84 Å². The predicted octanol–water partition coefficient (Wildman–Crippen LogP) is 2.71. The first-order chi connectivity index (χ1) is 9.49. The van der Waals surface area contributed by atoms with Crippen LogP contribution in [-0.4, -0.2) is 21.8 Å². The third kappa shape index (κ3) is 3.74. The zero-order valence-corrected chi connectivity index (χ0v) is 12.3. The van der Waals surface area contributed by atoms with Crippen molar-refractivity contribution in [3.8, 4) is 5.75 Å². The molecule has 0 radical (unpaired) electrons. The smallest absolute Gasteiger partial charge is 0.175 e. The number of nitrogens with one attached hydrogen (secondary N) is 1. The molecule has 0 heterocycles. The molecule has 0 aliphatic heterocycles. The van der Waals surface area contributed by atoms with E-state index in [0.717, 1.165) is 17.0 Å². The summed E-state index contributed by atoms with van der Waals surface area (Å²) in [6.07, 6.45) is 1.20. The molecule has 0 atom stereocenters. The van der Waals surface area contributed by atoms with Gasteiger partial charge in [-0.3, -0.25) is 0 Å². The van der Waals surface area contributed by atoms with Gasteiger partial charge >= 0.3 is 0 Å². The van der Waals surface area contributed by atoms with Crippen molar-refractivity contribution in [1.82, 2.24) is 0 Å². The lowest BCUT2D eigenvalue weighted by molar-refractivity contribution is 0.414. The Bertz CT molecular complexity index is 661. The Morgan fingerprint density at radius 1 is 1.00 bits per heavy atom. The van der Waals surface area contributed by atoms with E-state index in [1.807, 2.05) is 24.3 Å². The normalized spacial score (nSPS) is 11.1. The first-order valence-electron chi connectivity index (χ1n) is 6.16. The van der Waals surface area contributed by atoms with Gasteiger partial charge in [0.15, 0.2) is 9.84 Å². The quantitative estimate of drug-likeness (QED) is 0.920. The number of methoxy groups -OCH3 is 1. The number of rotatable bonds is 5. The molecule has 0 aromatic heterocycles. The highest BCUT2D eigenvalue weighted by Crippen LogP contribution is 2.16. The van der Waals surface area contributed by atoms with Crippen molar-refractivity contribution in [2.24, 2.45) is 0 Å². The standard InChI is InChI=1S/C15H17NO3S/c1-19-14-7-3-12(4-8-14)11-16-13-5-9-15(10-6-13)20(2,17)18/h3-10,16H,11H2,1-2H3. The minimum absolute atomic E-state index is 0.326. The molecule has 0 spiro atoms. The second-order valence-electron chi connectivity index (χ2n) is 4.50. The molecule has 1 N–H and O–H groups in total. The molecular formula is C15H17NO3S. The Labute approximate surface area is 119 Å². The van der Waals surface area contributed by atoms with Crippen LogP contribution in [0.15, 0.2) is 53.4 Å². The average molecular weight is 291 g/mol. The Morgan fingerprint density at radius 3 is 2.10 bits per heavy atom. The SMILES string of the molecule is COc1ccc(CNc2ccc(S(C)(=O)=O)cc2)cc1. The van der Waals surface area contributed by atoms with Gasteiger partial charge in [0.05, 0.1) is 12.0 Å². The van der Waals surface area contributed by atoms with E-state index in [1.165, 1.54) is 6.26 Å². The number of anilines is 1. The van der Waals surface area contributed by atoms with Crippen molar-refractivity contribution in [2.75, 3.05) is 18.7 Å². The van der Waals surface area contributed by atoms with Gasteiger partial charge in [0.1, 0.15) is 5.75 Å². The lowest BCUT2D eigenvalue weighted by Crippen LogP contribution is -2.01. The molecule has 106 valence electrons. The summed E-state index contributed by atoms with van der Waals surface area (Å²) in [7, 11) is -1.50. The van der Waals surface area contributed by atoms with Crippen LogP contribution in [0.5, 0.6) is 5.75 Å². The summed E-state index contributed by atoms with van der Waals surface area (Å²) in [6.45, 7) is 0.669. The van der Waals surface area contributed by atoms with Crippen molar-refractivity contribution >= 4 is 15.5 Å². The molecule has 2 rings (SSSR count). The van der Waals surface area contributed by atoms with Crippen LogP contribution in [0.1, 0.15) is 5.56 Å². The summed E-state index contributed by atoms with van der Waals surface area (Å²) >= 11 is 0. The minimum Gasteiger partial charge on any atom is -0.497 e. The number of sulfone groups is 1. The molecule has 20 heavy (non-hydrogen) atoms. The zero-order chi connectivity index (χ0) is 14.6. The van der Waals surface area contributed by atoms with Crippen LogP contribution in [0, 0.1) is 0 Å². The molecule has 2 aromatic rings. The molecule has 0 saturated carbocycles. The first-order valence-corrected chi connectivity index (χ1v) is 8.05. The van der Waals surface area contributed by atoms with Gasteiger partial charge in [-0.1, -0.05) is 12.1 Å². The van der Waals surface area contributed by atoms with Gasteiger partial charge in [0.25, 0.3) is 0 Å². The highest BCUT2D eigenvalue weighted by Gasteiger charge is 2.05. The maximum atomic E-state index is 11.4. The van der Waals surface area contributed by atoms with Crippen LogP contribution in [0.4, 0.5) is 5.69 Å². The van der Waals surface area contributed by atoms with E-state index in [0.29, 0.717) is 11.4 Å². The van der Waals surface area contributed by atoms with Crippen LogP contribution in [0.3, 0.4) is 0 Å². The third-order valence-corrected chi connectivity index (χ3v) is 4.07. The second kappa shape index (κ2) is 5.96. The van der Waals surface area contributed by atoms with E-state index in [1.54, 1.807) is 31.4 Å². The van der Waals surface area contributed by atoms with Crippen molar-refractivity contribution in [3.05, 3.63) is 54.1 Å². The van der Waals surface area contributed by atoms with Crippen molar-refractivity contribution < 1.29 is 13.2 Å². The van der Waals surface area contributed by atoms with Crippen LogP contribution < -0.4 is 10.1 Å². The number of ether oxygens (including phenoxy) is 1. The molecule has 5 heteroatoms. The maximum Gasteiger partial charge on any atom is 0.175 e. The highest BCUT2D eigenvalue weighted by molar-refractivity contribution is 7.90. The Morgan fingerprint density at radius 2 is 1.60 bits per heavy atom. The zero-order valence-electron chi connectivity index (χ0n) is 11.5. The lowest BCUT2D eigenvalue weighted by Gasteiger charge is -2.08. The van der Waals surface area contributed by atoms with Crippen molar-refractivity contribution in [3.63, 3.8) is 0 Å². The Balaban J connectivity index is 2.00. The van der Waals surface area contributed by atoms with Crippen LogP contribution >= 0.6 is 0 Å². The third-order valence-electron chi connectivity index (χ3n) is 2.94. The number of benzene rings is 2. The highest BCUT2D eigenvalue weighted by atomic mass is 32.2. The van der Waals surface area contributed by atoms with E-state index in [9.17, 15) is 8.42 Å². The molecule has 4 nitrogen and oxygen atoms in total. The minimum atomic E-state index is -3.14. The van der Waals surface area contributed by atoms with Gasteiger partial charge in [-0.15, -0.1) is 0 Å². The fourth-order valence-corrected chi connectivity index (χ4v) is 2.40. The van der Waals surface area contributed by atoms with Crippen LogP contribution in [0.25, 0.3) is 0 Å². The van der Waals surface area contributed by atoms with Gasteiger partial charge in [0, 0.05) is 18.5 Å². The second-order valence-corrected chi connectivity index (χ2v) is 6.51. The molecule has 0 unspecified atom stereocenters. The topological polar surface area (TPSA) is 55.4 Å². The molecule has 0 aliphatic rings. The van der Waals surface area contributed by atoms with Crippen LogP contribution in [0.2, 0.25) is 0 Å². The first kappa shape index (κ1) is 14.4. The average Bonchev–Trinajstić information content (AvgIpc) is 2.45. The molecular weight excluding hydrogens is 274 g/mol. The van der Waals surface area contributed by atoms with Crippen LogP contribution in [-0.2, 0) is 16.4 Å². The molecule has 0 saturated heterocycles. The summed E-state index contributed by atoms with van der Waals surface area (Å²) in [5.41, 5.74) is 2.01. The maximum absolute atomic E-state index is 11.4. The van der Waals surface area contributed by atoms with Crippen molar-refractivity contribution in [1.29, 1.82) is 0 Å². The van der Waals surface area contributed by atoms with E-state index in [-0.39, 0.29) is 0 Å². The summed E-state index contributed by atoms with van der Waals surface area (Å²) in [4.78, 5) is 0.326. The van der Waals surface area contributed by atoms with Crippen molar-refractivity contribution in [2.45, 2.75) is 11.4 Å². The van der Waals surface area contributed by atoms with Gasteiger partial charge in [-0.25, -0.2) is 8.42 Å². The lowest BCUT2D eigenvalue weighted by atomic mass is 10.2. The largest absolute Gasteiger partial charge is 0.497 e. The molecule has 0 bridgehead atoms. The summed E-state index contributed by atoms with van der Waals surface area (Å²) in [6, 6.07) is 14.5. The summed E-state index contributed by atoms with van der Waals surface area (Å²) in [5.74, 6) is 0.825. The van der Waals surface area contributed by atoms with Gasteiger partial charge in [-0.05, 0) is 42.0 Å². The summed E-state index contributed by atoms with van der Waals surface area (Å²) in [5, 5.41) is 3.24. The Kier molecular flexibility index (Phi) is 4.29. The van der Waals surface area contributed by atoms with Gasteiger partial charge in [-0.2, -0.15) is 0 Å². The predicted molar refractivity (Wildman–Crippen MR) is 79.9 cm³/mol. The van der Waals surface area contributed by atoms with E-state index >= 15 is 0 Å². The number of hydrogen-bond donors (Lipinski definition) is 1. The fraction of sp³-hybridized carbons (Fsp3) is 0.200. The van der Waals surface area contributed by atoms with E-state index in [4.69, 9.17) is 4.74 Å².